The van der Waals surface area contributed by atoms with Crippen molar-refractivity contribution in [2.75, 3.05) is 47.0 Å². The molecule has 1 aromatic rings. The number of guanidine groups is 1. The van der Waals surface area contributed by atoms with E-state index in [-0.39, 0.29) is 5.54 Å². The third kappa shape index (κ3) is 7.39. The van der Waals surface area contributed by atoms with Crippen LogP contribution < -0.4 is 15.4 Å². The van der Waals surface area contributed by atoms with Crippen LogP contribution in [0.3, 0.4) is 0 Å². The number of nitrogens with zero attached hydrogens (tertiary/aromatic N) is 2. The standard InChI is InChI=1S/C21H36N4O2/c1-21(2,25-11-6-5-7-12-25)17-24-20(22-3)23-16-18-9-8-10-19(15-18)27-14-13-26-4/h8-10,15H,5-7,11-14,16-17H2,1-4H3,(H2,22,23,24). The van der Waals surface area contributed by atoms with Gasteiger partial charge in [-0.3, -0.25) is 9.89 Å². The summed E-state index contributed by atoms with van der Waals surface area (Å²) < 4.78 is 10.7. The van der Waals surface area contributed by atoms with Gasteiger partial charge in [0.25, 0.3) is 0 Å². The highest BCUT2D eigenvalue weighted by Gasteiger charge is 2.27. The molecule has 0 saturated carbocycles. The summed E-state index contributed by atoms with van der Waals surface area (Å²) in [6, 6.07) is 8.11. The van der Waals surface area contributed by atoms with Crippen molar-refractivity contribution in [1.29, 1.82) is 0 Å². The quantitative estimate of drug-likeness (QED) is 0.394. The van der Waals surface area contributed by atoms with Crippen molar-refractivity contribution < 1.29 is 9.47 Å². The van der Waals surface area contributed by atoms with Crippen molar-refractivity contribution in [3.63, 3.8) is 0 Å². The third-order valence-electron chi connectivity index (χ3n) is 5.04. The largest absolute Gasteiger partial charge is 0.491 e. The fourth-order valence-electron chi connectivity index (χ4n) is 3.31. The van der Waals surface area contributed by atoms with E-state index in [0.717, 1.165) is 23.8 Å². The highest BCUT2D eigenvalue weighted by Crippen LogP contribution is 2.19. The summed E-state index contributed by atoms with van der Waals surface area (Å²) in [6.45, 7) is 9.71. The molecule has 1 saturated heterocycles. The Hall–Kier alpha value is -1.79. The fourth-order valence-corrected chi connectivity index (χ4v) is 3.31. The maximum absolute atomic E-state index is 5.68. The molecule has 1 fully saturated rings. The van der Waals surface area contributed by atoms with Crippen molar-refractivity contribution >= 4 is 5.96 Å². The lowest BCUT2D eigenvalue weighted by Gasteiger charge is -2.41. The molecule has 1 heterocycles. The van der Waals surface area contributed by atoms with Gasteiger partial charge in [-0.15, -0.1) is 0 Å². The lowest BCUT2D eigenvalue weighted by atomic mass is 9.98. The number of likely N-dealkylation sites (tertiary alicyclic amines) is 1. The molecular formula is C21H36N4O2. The summed E-state index contributed by atoms with van der Waals surface area (Å²) in [7, 11) is 3.49. The first-order chi connectivity index (χ1) is 13.0. The van der Waals surface area contributed by atoms with Crippen LogP contribution >= 0.6 is 0 Å². The lowest BCUT2D eigenvalue weighted by Crippen LogP contribution is -2.54. The highest BCUT2D eigenvalue weighted by atomic mass is 16.5. The summed E-state index contributed by atoms with van der Waals surface area (Å²) in [5.41, 5.74) is 1.27. The Morgan fingerprint density at radius 2 is 1.93 bits per heavy atom. The minimum absolute atomic E-state index is 0.118. The Balaban J connectivity index is 1.80. The number of benzene rings is 1. The summed E-state index contributed by atoms with van der Waals surface area (Å²) in [4.78, 5) is 6.94. The molecule has 0 unspecified atom stereocenters. The number of ether oxygens (including phenoxy) is 2. The Bertz CT molecular complexity index is 583. The Morgan fingerprint density at radius 1 is 1.15 bits per heavy atom. The van der Waals surface area contributed by atoms with E-state index in [1.165, 1.54) is 32.4 Å². The average molecular weight is 377 g/mol. The van der Waals surface area contributed by atoms with Gasteiger partial charge in [-0.1, -0.05) is 18.6 Å². The van der Waals surface area contributed by atoms with Crippen LogP contribution in [-0.4, -0.2) is 63.4 Å². The number of methoxy groups -OCH3 is 1. The van der Waals surface area contributed by atoms with Crippen molar-refractivity contribution in [2.24, 2.45) is 4.99 Å². The zero-order chi connectivity index (χ0) is 19.5. The number of hydrogen-bond acceptors (Lipinski definition) is 4. The minimum atomic E-state index is 0.118. The number of nitrogens with one attached hydrogen (secondary N) is 2. The van der Waals surface area contributed by atoms with Crippen LogP contribution in [0.4, 0.5) is 0 Å². The monoisotopic (exact) mass is 376 g/mol. The van der Waals surface area contributed by atoms with Gasteiger partial charge in [0.05, 0.1) is 6.61 Å². The van der Waals surface area contributed by atoms with Crippen molar-refractivity contribution in [2.45, 2.75) is 45.2 Å². The summed E-state index contributed by atoms with van der Waals surface area (Å²) in [5, 5.41) is 6.88. The van der Waals surface area contributed by atoms with Gasteiger partial charge in [0, 0.05) is 32.8 Å². The second-order valence-corrected chi connectivity index (χ2v) is 7.63. The van der Waals surface area contributed by atoms with E-state index in [1.54, 1.807) is 7.11 Å². The maximum atomic E-state index is 5.68. The number of rotatable bonds is 9. The van der Waals surface area contributed by atoms with Crippen LogP contribution in [0.5, 0.6) is 5.75 Å². The molecule has 0 radical (unpaired) electrons. The molecule has 1 aliphatic heterocycles. The molecule has 27 heavy (non-hydrogen) atoms. The fraction of sp³-hybridized carbons (Fsp3) is 0.667. The van der Waals surface area contributed by atoms with Crippen LogP contribution in [0, 0.1) is 0 Å². The molecule has 0 spiro atoms. The van der Waals surface area contributed by atoms with Crippen LogP contribution in [0.2, 0.25) is 0 Å². The van der Waals surface area contributed by atoms with E-state index in [0.29, 0.717) is 19.8 Å². The molecule has 6 heteroatoms. The molecule has 0 aliphatic carbocycles. The predicted molar refractivity (Wildman–Crippen MR) is 112 cm³/mol. The van der Waals surface area contributed by atoms with E-state index in [1.807, 2.05) is 25.2 Å². The minimum Gasteiger partial charge on any atom is -0.491 e. The first kappa shape index (κ1) is 21.5. The Morgan fingerprint density at radius 3 is 2.63 bits per heavy atom. The van der Waals surface area contributed by atoms with E-state index in [2.05, 4.69) is 40.4 Å². The van der Waals surface area contributed by atoms with Gasteiger partial charge in [0.1, 0.15) is 12.4 Å². The molecule has 1 aromatic carbocycles. The van der Waals surface area contributed by atoms with Gasteiger partial charge in [-0.25, -0.2) is 0 Å². The molecular weight excluding hydrogens is 340 g/mol. The van der Waals surface area contributed by atoms with Gasteiger partial charge in [0.15, 0.2) is 5.96 Å². The SMILES string of the molecule is CN=C(NCc1cccc(OCCOC)c1)NCC(C)(C)N1CCCCC1. The molecule has 2 N–H and O–H groups in total. The normalized spacial score (nSPS) is 16.2. The van der Waals surface area contributed by atoms with Crippen LogP contribution in [-0.2, 0) is 11.3 Å². The van der Waals surface area contributed by atoms with E-state index in [9.17, 15) is 0 Å². The predicted octanol–water partition coefficient (Wildman–Crippen LogP) is 2.64. The Kier molecular flexibility index (Phi) is 8.88. The first-order valence-corrected chi connectivity index (χ1v) is 9.95. The topological polar surface area (TPSA) is 58.1 Å². The second-order valence-electron chi connectivity index (χ2n) is 7.63. The third-order valence-corrected chi connectivity index (χ3v) is 5.04. The maximum Gasteiger partial charge on any atom is 0.191 e. The molecule has 2 rings (SSSR count). The van der Waals surface area contributed by atoms with Crippen LogP contribution in [0.25, 0.3) is 0 Å². The van der Waals surface area contributed by atoms with E-state index in [4.69, 9.17) is 9.47 Å². The zero-order valence-electron chi connectivity index (χ0n) is 17.4. The highest BCUT2D eigenvalue weighted by molar-refractivity contribution is 5.79. The van der Waals surface area contributed by atoms with Gasteiger partial charge in [-0.2, -0.15) is 0 Å². The molecule has 1 aliphatic rings. The van der Waals surface area contributed by atoms with Crippen molar-refractivity contribution in [3.05, 3.63) is 29.8 Å². The van der Waals surface area contributed by atoms with Gasteiger partial charge >= 0.3 is 0 Å². The molecule has 6 nitrogen and oxygen atoms in total. The molecule has 0 aromatic heterocycles. The van der Waals surface area contributed by atoms with Crippen LogP contribution in [0.15, 0.2) is 29.3 Å². The lowest BCUT2D eigenvalue weighted by molar-refractivity contribution is 0.0982. The number of piperidine rings is 1. The van der Waals surface area contributed by atoms with Crippen molar-refractivity contribution in [1.82, 2.24) is 15.5 Å². The van der Waals surface area contributed by atoms with E-state index < -0.39 is 0 Å². The molecule has 152 valence electrons. The Labute approximate surface area is 164 Å². The summed E-state index contributed by atoms with van der Waals surface area (Å²) in [6.07, 6.45) is 3.97. The molecule has 0 atom stereocenters. The molecule has 0 bridgehead atoms. The van der Waals surface area contributed by atoms with Crippen molar-refractivity contribution in [3.8, 4) is 5.75 Å². The summed E-state index contributed by atoms with van der Waals surface area (Å²) >= 11 is 0. The molecule has 0 amide bonds. The smallest absolute Gasteiger partial charge is 0.191 e. The zero-order valence-corrected chi connectivity index (χ0v) is 17.4. The number of hydrogen-bond donors (Lipinski definition) is 2. The van der Waals surface area contributed by atoms with Gasteiger partial charge in [-0.05, 0) is 57.5 Å². The number of aliphatic imine (C=N–C) groups is 1. The first-order valence-electron chi connectivity index (χ1n) is 9.95. The van der Waals surface area contributed by atoms with Gasteiger partial charge in [0.2, 0.25) is 0 Å². The summed E-state index contributed by atoms with van der Waals surface area (Å²) in [5.74, 6) is 1.69. The van der Waals surface area contributed by atoms with Gasteiger partial charge < -0.3 is 20.1 Å². The second kappa shape index (κ2) is 11.1. The van der Waals surface area contributed by atoms with E-state index >= 15 is 0 Å². The average Bonchev–Trinajstić information content (AvgIpc) is 2.69. The van der Waals surface area contributed by atoms with Crippen LogP contribution in [0.1, 0.15) is 38.7 Å².